The second kappa shape index (κ2) is 13.0. The van der Waals surface area contributed by atoms with E-state index in [1.807, 2.05) is 11.3 Å². The van der Waals surface area contributed by atoms with Crippen molar-refractivity contribution in [3.05, 3.63) is 192 Å². The molecule has 7 aromatic carbocycles. The van der Waals surface area contributed by atoms with Gasteiger partial charge in [0.25, 0.3) is 0 Å². The third kappa shape index (κ3) is 5.48. The van der Waals surface area contributed by atoms with Crippen LogP contribution in [0, 0.1) is 0 Å². The maximum absolute atomic E-state index is 2.48. The van der Waals surface area contributed by atoms with Crippen molar-refractivity contribution < 1.29 is 0 Å². The number of benzene rings is 7. The molecule has 0 radical (unpaired) electrons. The highest BCUT2D eigenvalue weighted by Crippen LogP contribution is 2.43. The molecule has 0 amide bonds. The van der Waals surface area contributed by atoms with Gasteiger partial charge in [0.2, 0.25) is 0 Å². The first-order chi connectivity index (χ1) is 25.8. The average Bonchev–Trinajstić information content (AvgIpc) is 3.60. The maximum Gasteiger partial charge on any atom is 0.0536 e. The van der Waals surface area contributed by atoms with E-state index in [1.165, 1.54) is 92.5 Å². The van der Waals surface area contributed by atoms with Gasteiger partial charge in [-0.25, -0.2) is 0 Å². The number of anilines is 2. The van der Waals surface area contributed by atoms with E-state index >= 15 is 0 Å². The molecule has 0 unspecified atom stereocenters. The van der Waals surface area contributed by atoms with Crippen LogP contribution in [-0.4, -0.2) is 0 Å². The van der Waals surface area contributed by atoms with Gasteiger partial charge in [0.05, 0.1) is 5.69 Å². The Morgan fingerprint density at radius 2 is 1.33 bits per heavy atom. The number of allylic oxidation sites excluding steroid dienone is 5. The molecule has 8 aromatic rings. The van der Waals surface area contributed by atoms with Crippen molar-refractivity contribution in [3.8, 4) is 22.3 Å². The van der Waals surface area contributed by atoms with E-state index in [9.17, 15) is 0 Å². The van der Waals surface area contributed by atoms with Crippen LogP contribution >= 0.6 is 11.3 Å². The van der Waals surface area contributed by atoms with Gasteiger partial charge in [-0.1, -0.05) is 133 Å². The molecular formula is C50H37NS. The van der Waals surface area contributed by atoms with Crippen LogP contribution < -0.4 is 4.90 Å². The average molecular weight is 684 g/mol. The summed E-state index contributed by atoms with van der Waals surface area (Å²) in [5, 5.41) is 5.38. The zero-order valence-electron chi connectivity index (χ0n) is 28.9. The van der Waals surface area contributed by atoms with Crippen molar-refractivity contribution >= 4 is 65.3 Å². The van der Waals surface area contributed by atoms with Crippen LogP contribution in [0.15, 0.2) is 176 Å². The molecule has 0 bridgehead atoms. The minimum atomic E-state index is 0.947. The lowest BCUT2D eigenvalue weighted by Crippen LogP contribution is -2.18. The Kier molecular flexibility index (Phi) is 7.70. The summed E-state index contributed by atoms with van der Waals surface area (Å²) in [5.41, 5.74) is 14.1. The van der Waals surface area contributed by atoms with Crippen LogP contribution in [0.5, 0.6) is 0 Å². The van der Waals surface area contributed by atoms with Crippen LogP contribution in [0.1, 0.15) is 36.0 Å². The van der Waals surface area contributed by atoms with Gasteiger partial charge in [0.1, 0.15) is 0 Å². The van der Waals surface area contributed by atoms with Crippen LogP contribution in [0.3, 0.4) is 0 Å². The molecular weight excluding hydrogens is 647 g/mol. The van der Waals surface area contributed by atoms with Gasteiger partial charge in [-0.3, -0.25) is 0 Å². The first-order valence-electron chi connectivity index (χ1n) is 18.4. The van der Waals surface area contributed by atoms with E-state index in [4.69, 9.17) is 0 Å². The third-order valence-corrected chi connectivity index (χ3v) is 12.0. The topological polar surface area (TPSA) is 3.24 Å². The molecule has 2 heteroatoms. The number of hydrogen-bond donors (Lipinski definition) is 0. The zero-order valence-corrected chi connectivity index (χ0v) is 29.7. The largest absolute Gasteiger partial charge is 0.314 e. The number of fused-ring (bicyclic) bond motifs is 6. The Balaban J connectivity index is 1.04. The first kappa shape index (κ1) is 30.8. The van der Waals surface area contributed by atoms with Crippen LogP contribution in [0.2, 0.25) is 0 Å². The molecule has 0 N–H and O–H groups in total. The fourth-order valence-corrected chi connectivity index (χ4v) is 9.36. The Hall–Kier alpha value is -5.96. The third-order valence-electron chi connectivity index (χ3n) is 10.9. The first-order valence-corrected chi connectivity index (χ1v) is 19.2. The van der Waals surface area contributed by atoms with Gasteiger partial charge in [-0.05, 0) is 118 Å². The summed E-state index contributed by atoms with van der Waals surface area (Å²) in [4.78, 5) is 2.48. The van der Waals surface area contributed by atoms with Crippen molar-refractivity contribution in [2.24, 2.45) is 0 Å². The molecule has 0 spiro atoms. The molecule has 1 heterocycles. The number of rotatable bonds is 6. The summed E-state index contributed by atoms with van der Waals surface area (Å²) in [5.74, 6) is 0. The smallest absolute Gasteiger partial charge is 0.0536 e. The highest BCUT2D eigenvalue weighted by molar-refractivity contribution is 7.26. The Labute approximate surface area is 309 Å². The van der Waals surface area contributed by atoms with E-state index in [0.717, 1.165) is 25.7 Å². The summed E-state index contributed by atoms with van der Waals surface area (Å²) in [6, 6.07) is 56.1. The fourth-order valence-electron chi connectivity index (χ4n) is 8.20. The molecule has 1 nitrogen and oxygen atoms in total. The molecule has 0 saturated carbocycles. The standard InChI is InChI=1S/C50H37NS/c1-2-11-37(12-3-1)44-15-8-9-17-47(44)51(42-26-20-35(21-27-42)40-19-18-34-10-4-5-14-39(34)32-40)43-28-22-36(23-29-43)41-24-30-46-49(33-41)52-48-31-25-38-13-6-7-16-45(38)50(46)48/h1-3,5-9,11-22,24-28,30-33H,4,10,23,29H2. The summed E-state index contributed by atoms with van der Waals surface area (Å²) in [6.07, 6.45) is 13.5. The molecule has 2 aliphatic carbocycles. The molecule has 0 atom stereocenters. The van der Waals surface area contributed by atoms with E-state index < -0.39 is 0 Å². The Morgan fingerprint density at radius 1 is 0.519 bits per heavy atom. The lowest BCUT2D eigenvalue weighted by atomic mass is 9.92. The molecule has 52 heavy (non-hydrogen) atoms. The quantitative estimate of drug-likeness (QED) is 0.169. The van der Waals surface area contributed by atoms with Crippen molar-refractivity contribution in [1.82, 2.24) is 0 Å². The predicted molar refractivity (Wildman–Crippen MR) is 225 cm³/mol. The second-order valence-corrected chi connectivity index (χ2v) is 15.0. The van der Waals surface area contributed by atoms with Gasteiger partial charge in [0.15, 0.2) is 0 Å². The minimum absolute atomic E-state index is 0.947. The van der Waals surface area contributed by atoms with Crippen molar-refractivity contribution in [3.63, 3.8) is 0 Å². The molecule has 248 valence electrons. The van der Waals surface area contributed by atoms with Gasteiger partial charge < -0.3 is 4.90 Å². The summed E-state index contributed by atoms with van der Waals surface area (Å²) >= 11 is 1.91. The van der Waals surface area contributed by atoms with Crippen molar-refractivity contribution in [2.75, 3.05) is 4.90 Å². The highest BCUT2D eigenvalue weighted by Gasteiger charge is 2.22. The van der Waals surface area contributed by atoms with Crippen LogP contribution in [0.25, 0.3) is 64.8 Å². The monoisotopic (exact) mass is 683 g/mol. The molecule has 0 fully saturated rings. The number of nitrogens with zero attached hydrogens (tertiary/aromatic N) is 1. The number of para-hydroxylation sites is 1. The summed E-state index contributed by atoms with van der Waals surface area (Å²) < 4.78 is 2.71. The van der Waals surface area contributed by atoms with Gasteiger partial charge in [-0.2, -0.15) is 0 Å². The Bertz CT molecular complexity index is 2720. The maximum atomic E-state index is 2.48. The number of thiophene rings is 1. The SMILES string of the molecule is C1=Cc2cc(-c3ccc(N(C4=CC=C(c5ccc6c(c5)sc5ccc7ccccc7c56)CC4)c4ccccc4-c4ccccc4)cc3)ccc2CC1. The normalized spacial score (nSPS) is 14.0. The lowest BCUT2D eigenvalue weighted by molar-refractivity contribution is 0.930. The Morgan fingerprint density at radius 3 is 2.21 bits per heavy atom. The number of aryl methyl sites for hydroxylation is 1. The molecule has 0 saturated heterocycles. The van der Waals surface area contributed by atoms with E-state index in [1.54, 1.807) is 0 Å². The minimum Gasteiger partial charge on any atom is -0.314 e. The summed E-state index contributed by atoms with van der Waals surface area (Å²) in [7, 11) is 0. The van der Waals surface area contributed by atoms with Gasteiger partial charge >= 0.3 is 0 Å². The molecule has 0 aliphatic heterocycles. The molecule has 2 aliphatic rings. The summed E-state index contributed by atoms with van der Waals surface area (Å²) in [6.45, 7) is 0. The number of hydrogen-bond acceptors (Lipinski definition) is 2. The van der Waals surface area contributed by atoms with Crippen molar-refractivity contribution in [2.45, 2.75) is 25.7 Å². The van der Waals surface area contributed by atoms with E-state index in [0.29, 0.717) is 0 Å². The zero-order chi connectivity index (χ0) is 34.4. The van der Waals surface area contributed by atoms with E-state index in [-0.39, 0.29) is 0 Å². The van der Waals surface area contributed by atoms with Crippen LogP contribution in [0.4, 0.5) is 11.4 Å². The van der Waals surface area contributed by atoms with Gasteiger partial charge in [-0.15, -0.1) is 11.3 Å². The molecule has 1 aromatic heterocycles. The highest BCUT2D eigenvalue weighted by atomic mass is 32.1. The van der Waals surface area contributed by atoms with E-state index in [2.05, 4.69) is 181 Å². The fraction of sp³-hybridized carbons (Fsp3) is 0.0800. The second-order valence-electron chi connectivity index (χ2n) is 13.9. The molecule has 10 rings (SSSR count). The lowest BCUT2D eigenvalue weighted by Gasteiger charge is -2.32. The van der Waals surface area contributed by atoms with Gasteiger partial charge in [0, 0.05) is 37.1 Å². The predicted octanol–water partition coefficient (Wildman–Crippen LogP) is 14.4. The van der Waals surface area contributed by atoms with Crippen LogP contribution in [-0.2, 0) is 6.42 Å². The van der Waals surface area contributed by atoms with Crippen molar-refractivity contribution in [1.29, 1.82) is 0 Å².